The van der Waals surface area contributed by atoms with E-state index in [9.17, 15) is 5.11 Å². The fourth-order valence-corrected chi connectivity index (χ4v) is 6.38. The topological polar surface area (TPSA) is 56.9 Å². The Morgan fingerprint density at radius 3 is 2.55 bits per heavy atom. The molecule has 0 bridgehead atoms. The summed E-state index contributed by atoms with van der Waals surface area (Å²) in [6.07, 6.45) is 8.96. The maximum absolute atomic E-state index is 10.7. The van der Waals surface area contributed by atoms with Crippen LogP contribution in [0.1, 0.15) is 73.2 Å². The highest BCUT2D eigenvalue weighted by atomic mass is 35.5. The Balaban J connectivity index is 0.00000118. The van der Waals surface area contributed by atoms with Gasteiger partial charge in [0.25, 0.3) is 0 Å². The van der Waals surface area contributed by atoms with Crippen LogP contribution in [0.15, 0.2) is 78.9 Å². The van der Waals surface area contributed by atoms with E-state index in [2.05, 4.69) is 72.4 Å². The van der Waals surface area contributed by atoms with Crippen LogP contribution in [-0.4, -0.2) is 15.8 Å². The largest absolute Gasteiger partial charge is 0.386 e. The van der Waals surface area contributed by atoms with Gasteiger partial charge in [0.05, 0.1) is 22.9 Å². The first-order valence-electron chi connectivity index (χ1n) is 13.8. The van der Waals surface area contributed by atoms with Gasteiger partial charge < -0.3 is 5.11 Å². The molecule has 0 radical (unpaired) electrons. The highest BCUT2D eigenvalue weighted by molar-refractivity contribution is 7.99. The molecule has 3 nitrogen and oxygen atoms in total. The first-order valence-corrected chi connectivity index (χ1v) is 15.3. The zero-order valence-electron chi connectivity index (χ0n) is 23.5. The number of nitrogens with zero attached hydrogens (tertiary/aromatic N) is 2. The van der Waals surface area contributed by atoms with E-state index in [0.717, 1.165) is 40.9 Å². The predicted molar refractivity (Wildman–Crippen MR) is 171 cm³/mol. The van der Waals surface area contributed by atoms with Crippen LogP contribution < -0.4 is 0 Å². The van der Waals surface area contributed by atoms with Crippen molar-refractivity contribution in [2.45, 2.75) is 57.3 Å². The van der Waals surface area contributed by atoms with Crippen molar-refractivity contribution in [2.24, 2.45) is 5.92 Å². The van der Waals surface area contributed by atoms with Crippen LogP contribution >= 0.6 is 23.4 Å². The highest BCUT2D eigenvalue weighted by Gasteiger charge is 2.25. The fourth-order valence-electron chi connectivity index (χ4n) is 4.75. The molecule has 40 heavy (non-hydrogen) atoms. The molecule has 0 spiro atoms. The second-order valence-corrected chi connectivity index (χ2v) is 12.5. The van der Waals surface area contributed by atoms with E-state index < -0.39 is 5.60 Å². The molecule has 0 unspecified atom stereocenters. The molecule has 1 saturated carbocycles. The summed E-state index contributed by atoms with van der Waals surface area (Å²) in [6.45, 7) is 5.18. The van der Waals surface area contributed by atoms with E-state index in [0.29, 0.717) is 10.3 Å². The van der Waals surface area contributed by atoms with E-state index in [-0.39, 0.29) is 0 Å². The van der Waals surface area contributed by atoms with E-state index in [1.54, 1.807) is 6.07 Å². The number of pyridine rings is 1. The van der Waals surface area contributed by atoms with Gasteiger partial charge in [-0.15, -0.1) is 0 Å². The predicted octanol–water partition coefficient (Wildman–Crippen LogP) is 9.63. The fraction of sp³-hybridized carbons (Fsp3) is 0.314. The summed E-state index contributed by atoms with van der Waals surface area (Å²) < 4.78 is 0. The number of nitriles is 1. The smallest absolute Gasteiger partial charge is 0.0843 e. The van der Waals surface area contributed by atoms with Gasteiger partial charge in [0.2, 0.25) is 0 Å². The minimum absolute atomic E-state index is 0.421. The molecular weight excluding hydrogens is 532 g/mol. The Morgan fingerprint density at radius 1 is 1.05 bits per heavy atom. The van der Waals surface area contributed by atoms with E-state index >= 15 is 0 Å². The Kier molecular flexibility index (Phi) is 10.5. The van der Waals surface area contributed by atoms with E-state index in [4.69, 9.17) is 21.8 Å². The van der Waals surface area contributed by atoms with Crippen LogP contribution in [0.5, 0.6) is 0 Å². The van der Waals surface area contributed by atoms with Crippen LogP contribution in [-0.2, 0) is 12.0 Å². The molecule has 4 aromatic rings. The number of aromatic nitrogens is 1. The van der Waals surface area contributed by atoms with Crippen molar-refractivity contribution in [3.05, 3.63) is 112 Å². The molecule has 206 valence electrons. The molecule has 0 amide bonds. The third-order valence-electron chi connectivity index (χ3n) is 6.99. The van der Waals surface area contributed by atoms with E-state index in [1.807, 2.05) is 44.2 Å². The highest BCUT2D eigenvalue weighted by Crippen LogP contribution is 2.41. The molecule has 1 fully saturated rings. The van der Waals surface area contributed by atoms with Crippen LogP contribution in [0.2, 0.25) is 5.02 Å². The Morgan fingerprint density at radius 2 is 1.80 bits per heavy atom. The third-order valence-corrected chi connectivity index (χ3v) is 8.80. The summed E-state index contributed by atoms with van der Waals surface area (Å²) in [4.78, 5) is 4.76. The number of fused-ring (bicyclic) bond motifs is 1. The number of benzene rings is 3. The molecular formula is C35H37ClN2OS. The number of halogens is 1. The van der Waals surface area contributed by atoms with Gasteiger partial charge in [0, 0.05) is 22.6 Å². The molecule has 1 aliphatic carbocycles. The van der Waals surface area contributed by atoms with Crippen molar-refractivity contribution < 1.29 is 5.11 Å². The van der Waals surface area contributed by atoms with Crippen LogP contribution in [0.25, 0.3) is 23.1 Å². The summed E-state index contributed by atoms with van der Waals surface area (Å²) in [5.74, 6) is 2.10. The maximum Gasteiger partial charge on any atom is 0.0843 e. The van der Waals surface area contributed by atoms with Crippen molar-refractivity contribution in [3.8, 4) is 6.07 Å². The molecule has 1 aliphatic rings. The number of aryl methyl sites for hydroxylation is 1. The summed E-state index contributed by atoms with van der Waals surface area (Å²) in [5.41, 5.74) is 5.81. The number of hydrogen-bond acceptors (Lipinski definition) is 4. The lowest BCUT2D eigenvalue weighted by molar-refractivity contribution is 0.0776. The van der Waals surface area contributed by atoms with Gasteiger partial charge in [0.1, 0.15) is 0 Å². The normalized spacial score (nSPS) is 14.0. The lowest BCUT2D eigenvalue weighted by Crippen LogP contribution is -2.18. The first kappa shape index (κ1) is 29.9. The number of aliphatic hydroxyl groups is 1. The average Bonchev–Trinajstić information content (AvgIpc) is 3.76. The van der Waals surface area contributed by atoms with Crippen molar-refractivity contribution >= 4 is 46.4 Å². The van der Waals surface area contributed by atoms with Crippen molar-refractivity contribution in [2.75, 3.05) is 5.75 Å². The molecule has 0 aliphatic heterocycles. The molecule has 1 N–H and O–H groups in total. The zero-order chi connectivity index (χ0) is 28.5. The molecule has 3 aromatic carbocycles. The molecule has 1 heterocycles. The Labute approximate surface area is 247 Å². The lowest BCUT2D eigenvalue weighted by Gasteiger charge is -2.23. The summed E-state index contributed by atoms with van der Waals surface area (Å²) >= 11 is 8.26. The van der Waals surface area contributed by atoms with Crippen molar-refractivity contribution in [3.63, 3.8) is 0 Å². The molecule has 1 aromatic heterocycles. The van der Waals surface area contributed by atoms with Gasteiger partial charge >= 0.3 is 0 Å². The van der Waals surface area contributed by atoms with Gasteiger partial charge in [-0.2, -0.15) is 17.0 Å². The first-order chi connectivity index (χ1) is 19.3. The minimum Gasteiger partial charge on any atom is -0.386 e. The van der Waals surface area contributed by atoms with Crippen molar-refractivity contribution in [1.29, 1.82) is 5.26 Å². The summed E-state index contributed by atoms with van der Waals surface area (Å²) in [6, 6.07) is 28.9. The van der Waals surface area contributed by atoms with Gasteiger partial charge in [-0.25, -0.2) is 4.98 Å². The molecule has 5 heteroatoms. The summed E-state index contributed by atoms with van der Waals surface area (Å²) in [7, 11) is 0. The average molecular weight is 569 g/mol. The molecule has 5 rings (SSSR count). The maximum atomic E-state index is 10.7. The Bertz CT molecular complexity index is 1500. The number of rotatable bonds is 10. The number of hydrogen-bond donors (Lipinski definition) is 1. The molecule has 0 saturated heterocycles. The van der Waals surface area contributed by atoms with Crippen LogP contribution in [0, 0.1) is 17.2 Å². The second kappa shape index (κ2) is 14.0. The quantitative estimate of drug-likeness (QED) is 0.207. The van der Waals surface area contributed by atoms with Gasteiger partial charge in [-0.1, -0.05) is 78.3 Å². The van der Waals surface area contributed by atoms with Gasteiger partial charge in [-0.05, 0) is 97.7 Å². The van der Waals surface area contributed by atoms with Gasteiger partial charge in [-0.3, -0.25) is 0 Å². The lowest BCUT2D eigenvalue weighted by atomic mass is 9.90. The minimum atomic E-state index is -0.833. The monoisotopic (exact) mass is 568 g/mol. The molecule has 1 atom stereocenters. The summed E-state index contributed by atoms with van der Waals surface area (Å²) in [5, 5.41) is 20.2. The standard InChI is InChI=1S/C33H34ClNOS.C2H3N/c1-33(2,36)30-9-4-3-7-25(30)15-19-32(37-22-24-10-11-24)27-8-5-6-23(20-27)12-17-29-18-14-26-13-16-28(34)21-31(26)35-29;1-2-3/h3-9,12-14,16-18,20-21,24,32,36H,10-11,15,19,22H2,1-2H3;1H3/t32-;/m1./s1. The van der Waals surface area contributed by atoms with Crippen molar-refractivity contribution in [1.82, 2.24) is 4.98 Å². The van der Waals surface area contributed by atoms with Gasteiger partial charge in [0.15, 0.2) is 0 Å². The van der Waals surface area contributed by atoms with Crippen LogP contribution in [0.3, 0.4) is 0 Å². The Hall–Kier alpha value is -3.10. The van der Waals surface area contributed by atoms with Crippen LogP contribution in [0.4, 0.5) is 0 Å². The zero-order valence-corrected chi connectivity index (χ0v) is 25.1. The number of thioether (sulfide) groups is 1. The third kappa shape index (κ3) is 8.70. The SMILES string of the molecule is CC#N.CC(C)(O)c1ccccc1CC[C@@H](SCC1CC1)c1cccc(C=Cc2ccc3ccc(Cl)cc3n2)c1. The van der Waals surface area contributed by atoms with E-state index in [1.165, 1.54) is 42.2 Å². The second-order valence-electron chi connectivity index (χ2n) is 10.8.